The summed E-state index contributed by atoms with van der Waals surface area (Å²) in [5.74, 6) is -0.406. The molecule has 1 aromatic heterocycles. The van der Waals surface area contributed by atoms with Crippen molar-refractivity contribution < 1.29 is 14.7 Å². The molecule has 2 heterocycles. The minimum Gasteiger partial charge on any atom is -0.478 e. The maximum Gasteiger partial charge on any atom is 0.337 e. The average molecular weight is 235 g/mol. The molecule has 0 saturated carbocycles. The Hall–Kier alpha value is -2.11. The van der Waals surface area contributed by atoms with E-state index < -0.39 is 5.97 Å². The zero-order valence-corrected chi connectivity index (χ0v) is 9.22. The van der Waals surface area contributed by atoms with E-state index in [0.29, 0.717) is 12.4 Å². The van der Waals surface area contributed by atoms with E-state index in [1.54, 1.807) is 6.07 Å². The first-order chi connectivity index (χ1) is 8.16. The summed E-state index contributed by atoms with van der Waals surface area (Å²) >= 11 is 0. The molecule has 1 fully saturated rings. The van der Waals surface area contributed by atoms with Gasteiger partial charge in [-0.1, -0.05) is 0 Å². The fourth-order valence-electron chi connectivity index (χ4n) is 1.70. The molecule has 0 unspecified atom stereocenters. The van der Waals surface area contributed by atoms with E-state index in [1.807, 2.05) is 4.90 Å². The first kappa shape index (κ1) is 11.4. The van der Waals surface area contributed by atoms with Crippen molar-refractivity contribution in [1.82, 2.24) is 10.3 Å². The third-order valence-corrected chi connectivity index (χ3v) is 2.58. The van der Waals surface area contributed by atoms with Crippen molar-refractivity contribution in [3.05, 3.63) is 23.9 Å². The van der Waals surface area contributed by atoms with Gasteiger partial charge in [-0.05, 0) is 18.6 Å². The van der Waals surface area contributed by atoms with Crippen LogP contribution in [0.15, 0.2) is 18.3 Å². The molecule has 0 bridgehead atoms. The number of rotatable bonds is 2. The Labute approximate surface area is 98.3 Å². The number of hydrogen-bond donors (Lipinski definition) is 2. The monoisotopic (exact) mass is 235 g/mol. The van der Waals surface area contributed by atoms with Gasteiger partial charge in [0, 0.05) is 19.3 Å². The van der Waals surface area contributed by atoms with Crippen molar-refractivity contribution in [2.45, 2.75) is 6.42 Å². The van der Waals surface area contributed by atoms with Crippen LogP contribution in [0.2, 0.25) is 0 Å². The van der Waals surface area contributed by atoms with Crippen LogP contribution in [0, 0.1) is 0 Å². The molecule has 0 radical (unpaired) electrons. The van der Waals surface area contributed by atoms with E-state index >= 15 is 0 Å². The van der Waals surface area contributed by atoms with Gasteiger partial charge >= 0.3 is 5.97 Å². The minimum atomic E-state index is -1.00. The Kier molecular flexibility index (Phi) is 3.22. The number of carboxylic acid groups (broad SMARTS) is 1. The Morgan fingerprint density at radius 1 is 1.47 bits per heavy atom. The molecule has 0 atom stereocenters. The molecule has 2 N–H and O–H groups in total. The number of aromatic nitrogens is 1. The van der Waals surface area contributed by atoms with E-state index in [2.05, 4.69) is 10.3 Å². The Bertz CT molecular complexity index is 430. The van der Waals surface area contributed by atoms with Gasteiger partial charge in [-0.25, -0.2) is 9.78 Å². The van der Waals surface area contributed by atoms with Crippen molar-refractivity contribution in [1.29, 1.82) is 0 Å². The standard InChI is InChI=1S/C11H13N3O3/c15-10-7-14(5-1-4-12-10)9-3-2-8(6-13-9)11(16)17/h2-3,6H,1,4-5,7H2,(H,12,15)(H,16,17). The van der Waals surface area contributed by atoms with Crippen molar-refractivity contribution in [3.63, 3.8) is 0 Å². The van der Waals surface area contributed by atoms with Gasteiger partial charge in [0.05, 0.1) is 12.1 Å². The SMILES string of the molecule is O=C1CN(c2ccc(C(=O)O)cn2)CCCN1. The quantitative estimate of drug-likeness (QED) is 0.760. The lowest BCUT2D eigenvalue weighted by Crippen LogP contribution is -2.33. The molecule has 0 aromatic carbocycles. The first-order valence-electron chi connectivity index (χ1n) is 5.38. The van der Waals surface area contributed by atoms with Gasteiger partial charge in [-0.2, -0.15) is 0 Å². The smallest absolute Gasteiger partial charge is 0.337 e. The normalized spacial score (nSPS) is 16.2. The number of nitrogens with zero attached hydrogens (tertiary/aromatic N) is 2. The van der Waals surface area contributed by atoms with Gasteiger partial charge in [0.1, 0.15) is 5.82 Å². The van der Waals surface area contributed by atoms with Crippen LogP contribution in [0.1, 0.15) is 16.8 Å². The summed E-state index contributed by atoms with van der Waals surface area (Å²) in [6.45, 7) is 1.67. The topological polar surface area (TPSA) is 82.5 Å². The van der Waals surface area contributed by atoms with E-state index in [-0.39, 0.29) is 18.0 Å². The lowest BCUT2D eigenvalue weighted by Gasteiger charge is -2.19. The third-order valence-electron chi connectivity index (χ3n) is 2.58. The van der Waals surface area contributed by atoms with Crippen molar-refractivity contribution in [3.8, 4) is 0 Å². The highest BCUT2D eigenvalue weighted by Gasteiger charge is 2.16. The molecule has 0 aliphatic carbocycles. The highest BCUT2D eigenvalue weighted by Crippen LogP contribution is 2.12. The molecule has 1 saturated heterocycles. The largest absolute Gasteiger partial charge is 0.478 e. The van der Waals surface area contributed by atoms with Crippen molar-refractivity contribution >= 4 is 17.7 Å². The van der Waals surface area contributed by atoms with Crippen LogP contribution in [0.4, 0.5) is 5.82 Å². The Morgan fingerprint density at radius 3 is 2.94 bits per heavy atom. The molecule has 1 amide bonds. The van der Waals surface area contributed by atoms with Crippen LogP contribution in [-0.2, 0) is 4.79 Å². The zero-order chi connectivity index (χ0) is 12.3. The van der Waals surface area contributed by atoms with Gasteiger partial charge in [0.25, 0.3) is 0 Å². The second-order valence-corrected chi connectivity index (χ2v) is 3.84. The number of pyridine rings is 1. The fraction of sp³-hybridized carbons (Fsp3) is 0.364. The van der Waals surface area contributed by atoms with Gasteiger partial charge in [0.15, 0.2) is 0 Å². The number of carbonyl (C=O) groups is 2. The zero-order valence-electron chi connectivity index (χ0n) is 9.22. The third kappa shape index (κ3) is 2.72. The van der Waals surface area contributed by atoms with E-state index in [9.17, 15) is 9.59 Å². The molecule has 6 heteroatoms. The maximum absolute atomic E-state index is 11.4. The van der Waals surface area contributed by atoms with Crippen LogP contribution in [0.25, 0.3) is 0 Å². The summed E-state index contributed by atoms with van der Waals surface area (Å²) in [4.78, 5) is 28.0. The molecule has 1 aliphatic rings. The van der Waals surface area contributed by atoms with E-state index in [4.69, 9.17) is 5.11 Å². The number of anilines is 1. The van der Waals surface area contributed by atoms with Crippen molar-refractivity contribution in [2.24, 2.45) is 0 Å². The van der Waals surface area contributed by atoms with Gasteiger partial charge < -0.3 is 15.3 Å². The minimum absolute atomic E-state index is 0.0355. The number of carbonyl (C=O) groups excluding carboxylic acids is 1. The molecule has 0 spiro atoms. The second kappa shape index (κ2) is 4.82. The van der Waals surface area contributed by atoms with E-state index in [1.165, 1.54) is 12.3 Å². The lowest BCUT2D eigenvalue weighted by atomic mass is 10.3. The molecule has 6 nitrogen and oxygen atoms in total. The fourth-order valence-corrected chi connectivity index (χ4v) is 1.70. The summed E-state index contributed by atoms with van der Waals surface area (Å²) in [5, 5.41) is 11.5. The van der Waals surface area contributed by atoms with Gasteiger partial charge in [-0.3, -0.25) is 4.79 Å². The van der Waals surface area contributed by atoms with Crippen LogP contribution >= 0.6 is 0 Å². The summed E-state index contributed by atoms with van der Waals surface area (Å²) in [6, 6.07) is 3.12. The van der Waals surface area contributed by atoms with Gasteiger partial charge in [0.2, 0.25) is 5.91 Å². The number of amides is 1. The molecular formula is C11H13N3O3. The first-order valence-corrected chi connectivity index (χ1v) is 5.38. The second-order valence-electron chi connectivity index (χ2n) is 3.84. The molecule has 2 rings (SSSR count). The maximum atomic E-state index is 11.4. The molecule has 17 heavy (non-hydrogen) atoms. The molecule has 1 aromatic rings. The lowest BCUT2D eigenvalue weighted by molar-refractivity contribution is -0.119. The summed E-state index contributed by atoms with van der Waals surface area (Å²) in [6.07, 6.45) is 2.16. The van der Waals surface area contributed by atoms with E-state index in [0.717, 1.165) is 13.0 Å². The number of hydrogen-bond acceptors (Lipinski definition) is 4. The number of nitrogens with one attached hydrogen (secondary N) is 1. The van der Waals surface area contributed by atoms with Crippen LogP contribution < -0.4 is 10.2 Å². The van der Waals surface area contributed by atoms with Crippen LogP contribution in [0.3, 0.4) is 0 Å². The molecule has 1 aliphatic heterocycles. The Morgan fingerprint density at radius 2 is 2.29 bits per heavy atom. The highest BCUT2D eigenvalue weighted by molar-refractivity contribution is 5.87. The molecule has 90 valence electrons. The predicted octanol–water partition coefficient (Wildman–Crippen LogP) is 0.106. The Balaban J connectivity index is 2.15. The van der Waals surface area contributed by atoms with Gasteiger partial charge in [-0.15, -0.1) is 0 Å². The van der Waals surface area contributed by atoms with Crippen molar-refractivity contribution in [2.75, 3.05) is 24.5 Å². The highest BCUT2D eigenvalue weighted by atomic mass is 16.4. The summed E-state index contributed by atoms with van der Waals surface area (Å²) < 4.78 is 0. The average Bonchev–Trinajstić information content (AvgIpc) is 2.54. The number of carboxylic acids is 1. The van der Waals surface area contributed by atoms with Crippen LogP contribution in [0.5, 0.6) is 0 Å². The van der Waals surface area contributed by atoms with Crippen LogP contribution in [-0.4, -0.2) is 41.6 Å². The molecular weight excluding hydrogens is 222 g/mol. The summed E-state index contributed by atoms with van der Waals surface area (Å²) in [7, 11) is 0. The predicted molar refractivity (Wildman–Crippen MR) is 61.0 cm³/mol. The number of aromatic carboxylic acids is 1. The summed E-state index contributed by atoms with van der Waals surface area (Å²) in [5.41, 5.74) is 0.146.